The number of hydrogen-bond donors (Lipinski definition) is 0. The minimum Gasteiger partial charge on any atom is -0.376 e. The average molecular weight is 307 g/mol. The molecule has 0 unspecified atom stereocenters. The lowest BCUT2D eigenvalue weighted by Crippen LogP contribution is -2.47. The highest BCUT2D eigenvalue weighted by Crippen LogP contribution is 2.26. The predicted octanol–water partition coefficient (Wildman–Crippen LogP) is 2.67. The fourth-order valence-electron chi connectivity index (χ4n) is 2.56. The summed E-state index contributed by atoms with van der Waals surface area (Å²) < 4.78 is 7.56. The summed E-state index contributed by atoms with van der Waals surface area (Å²) in [6, 6.07) is 8.08. The Kier molecular flexibility index (Phi) is 4.24. The molecule has 1 saturated heterocycles. The van der Waals surface area contributed by atoms with Crippen LogP contribution < -0.4 is 0 Å². The van der Waals surface area contributed by atoms with Crippen LogP contribution in [0.25, 0.3) is 11.4 Å². The third kappa shape index (κ3) is 3.10. The molecule has 1 aliphatic rings. The van der Waals surface area contributed by atoms with E-state index in [1.165, 1.54) is 0 Å². The van der Waals surface area contributed by atoms with Gasteiger partial charge in [-0.2, -0.15) is 5.10 Å². The first kappa shape index (κ1) is 14.5. The smallest absolute Gasteiger partial charge is 0.160 e. The van der Waals surface area contributed by atoms with E-state index in [2.05, 4.69) is 28.8 Å². The minimum absolute atomic E-state index is 0.244. The summed E-state index contributed by atoms with van der Waals surface area (Å²) in [6.45, 7) is 6.59. The summed E-state index contributed by atoms with van der Waals surface area (Å²) in [4.78, 5) is 6.72. The number of aromatic nitrogens is 3. The van der Waals surface area contributed by atoms with Crippen LogP contribution >= 0.6 is 11.6 Å². The van der Waals surface area contributed by atoms with Gasteiger partial charge in [-0.25, -0.2) is 9.67 Å². The molecule has 3 rings (SSSR count). The highest BCUT2D eigenvalue weighted by Gasteiger charge is 2.24. The van der Waals surface area contributed by atoms with Gasteiger partial charge in [-0.1, -0.05) is 23.7 Å². The molecule has 1 fully saturated rings. The zero-order valence-corrected chi connectivity index (χ0v) is 13.0. The lowest BCUT2D eigenvalue weighted by molar-refractivity contribution is -0.0620. The highest BCUT2D eigenvalue weighted by molar-refractivity contribution is 6.33. The Bertz CT molecular complexity index is 615. The summed E-state index contributed by atoms with van der Waals surface area (Å²) in [7, 11) is 0. The molecule has 2 heterocycles. The normalized spacial score (nSPS) is 23.4. The second-order valence-corrected chi connectivity index (χ2v) is 5.88. The third-order valence-corrected chi connectivity index (χ3v) is 4.11. The SMILES string of the molecule is C[C@@H]1CN(Cn2ncnc2-c2ccccc2Cl)[C@@H](C)CO1. The monoisotopic (exact) mass is 306 g/mol. The number of nitrogens with zero attached hydrogens (tertiary/aromatic N) is 4. The van der Waals surface area contributed by atoms with E-state index in [9.17, 15) is 0 Å². The molecule has 0 bridgehead atoms. The van der Waals surface area contributed by atoms with E-state index in [4.69, 9.17) is 16.3 Å². The first-order valence-electron chi connectivity index (χ1n) is 7.13. The maximum atomic E-state index is 6.27. The molecule has 0 N–H and O–H groups in total. The molecule has 1 aliphatic heterocycles. The van der Waals surface area contributed by atoms with Gasteiger partial charge >= 0.3 is 0 Å². The molecule has 0 spiro atoms. The van der Waals surface area contributed by atoms with Gasteiger partial charge in [0.25, 0.3) is 0 Å². The van der Waals surface area contributed by atoms with Crippen LogP contribution in [0.5, 0.6) is 0 Å². The summed E-state index contributed by atoms with van der Waals surface area (Å²) in [5.41, 5.74) is 0.908. The van der Waals surface area contributed by atoms with Crippen LogP contribution in [0.4, 0.5) is 0 Å². The molecule has 112 valence electrons. The van der Waals surface area contributed by atoms with Gasteiger partial charge in [-0.05, 0) is 26.0 Å². The van der Waals surface area contributed by atoms with Crippen molar-refractivity contribution in [3.05, 3.63) is 35.6 Å². The molecule has 0 radical (unpaired) electrons. The van der Waals surface area contributed by atoms with Gasteiger partial charge in [0, 0.05) is 18.2 Å². The van der Waals surface area contributed by atoms with Crippen molar-refractivity contribution in [3.8, 4) is 11.4 Å². The van der Waals surface area contributed by atoms with Crippen molar-refractivity contribution >= 4 is 11.6 Å². The van der Waals surface area contributed by atoms with Gasteiger partial charge in [0.1, 0.15) is 6.33 Å². The van der Waals surface area contributed by atoms with E-state index in [0.717, 1.165) is 24.5 Å². The van der Waals surface area contributed by atoms with Crippen LogP contribution in [0, 0.1) is 0 Å². The number of ether oxygens (including phenoxy) is 1. The van der Waals surface area contributed by atoms with Crippen LogP contribution in [0.1, 0.15) is 13.8 Å². The molecule has 0 saturated carbocycles. The summed E-state index contributed by atoms with van der Waals surface area (Å²) in [5.74, 6) is 0.798. The number of benzene rings is 1. The zero-order valence-electron chi connectivity index (χ0n) is 12.2. The van der Waals surface area contributed by atoms with E-state index in [-0.39, 0.29) is 6.10 Å². The van der Waals surface area contributed by atoms with Gasteiger partial charge in [0.05, 0.1) is 24.4 Å². The van der Waals surface area contributed by atoms with Gasteiger partial charge in [-0.3, -0.25) is 4.90 Å². The Morgan fingerprint density at radius 2 is 2.14 bits per heavy atom. The Morgan fingerprint density at radius 3 is 2.95 bits per heavy atom. The summed E-state index contributed by atoms with van der Waals surface area (Å²) in [6.07, 6.45) is 1.82. The van der Waals surface area contributed by atoms with Crippen LogP contribution in [0.3, 0.4) is 0 Å². The molecule has 0 aliphatic carbocycles. The Hall–Kier alpha value is -1.43. The topological polar surface area (TPSA) is 43.2 Å². The summed E-state index contributed by atoms with van der Waals surface area (Å²) in [5, 5.41) is 5.04. The lowest BCUT2D eigenvalue weighted by Gasteiger charge is -2.36. The molecule has 5 nitrogen and oxygen atoms in total. The first-order valence-corrected chi connectivity index (χ1v) is 7.51. The second kappa shape index (κ2) is 6.13. The highest BCUT2D eigenvalue weighted by atomic mass is 35.5. The van der Waals surface area contributed by atoms with Crippen molar-refractivity contribution in [2.75, 3.05) is 13.2 Å². The van der Waals surface area contributed by atoms with Gasteiger partial charge in [0.15, 0.2) is 5.82 Å². The molecule has 2 aromatic rings. The van der Waals surface area contributed by atoms with Crippen molar-refractivity contribution < 1.29 is 4.74 Å². The Morgan fingerprint density at radius 1 is 1.33 bits per heavy atom. The largest absolute Gasteiger partial charge is 0.376 e. The van der Waals surface area contributed by atoms with E-state index in [1.807, 2.05) is 28.9 Å². The van der Waals surface area contributed by atoms with E-state index in [0.29, 0.717) is 17.7 Å². The molecule has 6 heteroatoms. The molecule has 1 aromatic carbocycles. The zero-order chi connectivity index (χ0) is 14.8. The van der Waals surface area contributed by atoms with E-state index >= 15 is 0 Å². The number of hydrogen-bond acceptors (Lipinski definition) is 4. The molecule has 1 aromatic heterocycles. The molecular weight excluding hydrogens is 288 g/mol. The number of halogens is 1. The van der Waals surface area contributed by atoms with Crippen LogP contribution in [0.15, 0.2) is 30.6 Å². The average Bonchev–Trinajstić information content (AvgIpc) is 2.91. The summed E-state index contributed by atoms with van der Waals surface area (Å²) >= 11 is 6.27. The fourth-order valence-corrected chi connectivity index (χ4v) is 2.78. The third-order valence-electron chi connectivity index (χ3n) is 3.78. The molecule has 21 heavy (non-hydrogen) atoms. The van der Waals surface area contributed by atoms with E-state index < -0.39 is 0 Å². The van der Waals surface area contributed by atoms with Gasteiger partial charge in [-0.15, -0.1) is 0 Å². The Labute approximate surface area is 129 Å². The fraction of sp³-hybridized carbons (Fsp3) is 0.467. The van der Waals surface area contributed by atoms with Crippen LogP contribution in [0.2, 0.25) is 5.02 Å². The van der Waals surface area contributed by atoms with Crippen molar-refractivity contribution in [1.82, 2.24) is 19.7 Å². The lowest BCUT2D eigenvalue weighted by atomic mass is 10.2. The maximum Gasteiger partial charge on any atom is 0.160 e. The van der Waals surface area contributed by atoms with Crippen molar-refractivity contribution in [2.45, 2.75) is 32.7 Å². The van der Waals surface area contributed by atoms with Crippen molar-refractivity contribution in [1.29, 1.82) is 0 Å². The molecule has 2 atom stereocenters. The van der Waals surface area contributed by atoms with Gasteiger partial charge in [0.2, 0.25) is 0 Å². The van der Waals surface area contributed by atoms with Gasteiger partial charge < -0.3 is 4.74 Å². The minimum atomic E-state index is 0.244. The second-order valence-electron chi connectivity index (χ2n) is 5.47. The van der Waals surface area contributed by atoms with E-state index in [1.54, 1.807) is 6.33 Å². The standard InChI is InChI=1S/C15H19ClN4O/c1-11-8-21-12(2)7-19(11)10-20-15(17-9-18-20)13-5-3-4-6-14(13)16/h3-6,9,11-12H,7-8,10H2,1-2H3/t11-,12+/m0/s1. The molecule has 0 amide bonds. The van der Waals surface area contributed by atoms with Crippen molar-refractivity contribution in [2.24, 2.45) is 0 Å². The number of morpholine rings is 1. The predicted molar refractivity (Wildman–Crippen MR) is 82.1 cm³/mol. The molecular formula is C15H19ClN4O. The number of rotatable bonds is 3. The Balaban J connectivity index is 1.84. The quantitative estimate of drug-likeness (QED) is 0.874. The van der Waals surface area contributed by atoms with Crippen LogP contribution in [-0.2, 0) is 11.4 Å². The van der Waals surface area contributed by atoms with Crippen LogP contribution in [-0.4, -0.2) is 45.0 Å². The van der Waals surface area contributed by atoms with Crippen molar-refractivity contribution in [3.63, 3.8) is 0 Å². The first-order chi connectivity index (χ1) is 10.1. The maximum absolute atomic E-state index is 6.27.